The van der Waals surface area contributed by atoms with Gasteiger partial charge < -0.3 is 19.3 Å². The third-order valence-electron chi connectivity index (χ3n) is 3.08. The van der Waals surface area contributed by atoms with E-state index in [1.807, 2.05) is 0 Å². The number of Topliss-reactive ketones (excluding diaryl/α,β-unsaturated/α-hetero) is 1. The Labute approximate surface area is 106 Å². The zero-order valence-corrected chi connectivity index (χ0v) is 10.6. The molecule has 0 spiro atoms. The van der Waals surface area contributed by atoms with Crippen LogP contribution in [-0.2, 0) is 23.8 Å². The molecule has 1 aliphatic heterocycles. The second-order valence-corrected chi connectivity index (χ2v) is 4.32. The van der Waals surface area contributed by atoms with E-state index >= 15 is 0 Å². The summed E-state index contributed by atoms with van der Waals surface area (Å²) in [4.78, 5) is 23.1. The molecule has 0 aliphatic carbocycles. The molecule has 1 saturated heterocycles. The molecule has 1 heterocycles. The highest BCUT2D eigenvalue weighted by atomic mass is 16.5. The summed E-state index contributed by atoms with van der Waals surface area (Å²) < 4.78 is 15.3. The maximum absolute atomic E-state index is 11.8. The van der Waals surface area contributed by atoms with Crippen LogP contribution in [0.15, 0.2) is 0 Å². The summed E-state index contributed by atoms with van der Waals surface area (Å²) in [5, 5.41) is 9.22. The molecule has 0 radical (unpaired) electrons. The van der Waals surface area contributed by atoms with Crippen LogP contribution in [0, 0.1) is 5.41 Å². The van der Waals surface area contributed by atoms with E-state index in [2.05, 4.69) is 0 Å². The van der Waals surface area contributed by atoms with E-state index in [4.69, 9.17) is 14.2 Å². The molecule has 6 nitrogen and oxygen atoms in total. The zero-order valence-electron chi connectivity index (χ0n) is 10.6. The van der Waals surface area contributed by atoms with Crippen molar-refractivity contribution in [1.29, 1.82) is 0 Å². The number of aliphatic carboxylic acids is 1. The van der Waals surface area contributed by atoms with Crippen LogP contribution in [0.2, 0.25) is 0 Å². The molecule has 6 heteroatoms. The second kappa shape index (κ2) is 7.45. The van der Waals surface area contributed by atoms with Crippen molar-refractivity contribution in [2.24, 2.45) is 5.41 Å². The van der Waals surface area contributed by atoms with Gasteiger partial charge in [0, 0.05) is 33.4 Å². The number of carboxylic acids is 1. The Morgan fingerprint density at radius 1 is 1.44 bits per heavy atom. The quantitative estimate of drug-likeness (QED) is 0.505. The van der Waals surface area contributed by atoms with Crippen LogP contribution in [0.3, 0.4) is 0 Å². The summed E-state index contributed by atoms with van der Waals surface area (Å²) in [6.07, 6.45) is 1.07. The van der Waals surface area contributed by atoms with Crippen LogP contribution in [0.4, 0.5) is 0 Å². The minimum atomic E-state index is -1.42. The first-order chi connectivity index (χ1) is 8.63. The van der Waals surface area contributed by atoms with Crippen molar-refractivity contribution in [1.82, 2.24) is 0 Å². The molecule has 1 N–H and O–H groups in total. The smallest absolute Gasteiger partial charge is 0.319 e. The summed E-state index contributed by atoms with van der Waals surface area (Å²) in [5.41, 5.74) is -1.42. The molecule has 104 valence electrons. The maximum Gasteiger partial charge on any atom is 0.319 e. The van der Waals surface area contributed by atoms with Crippen molar-refractivity contribution >= 4 is 11.8 Å². The van der Waals surface area contributed by atoms with Crippen LogP contribution < -0.4 is 0 Å². The van der Waals surface area contributed by atoms with Gasteiger partial charge in [-0.2, -0.15) is 0 Å². The standard InChI is InChI=1S/C12H20O6/c1-16-5-2-6-17-8-4-12(11(14)15)9-18-7-3-10(12)13/h2-9H2,1H3,(H,14,15). The monoisotopic (exact) mass is 260 g/mol. The lowest BCUT2D eigenvalue weighted by Gasteiger charge is -2.31. The number of methoxy groups -OCH3 is 1. The number of ketones is 1. The topological polar surface area (TPSA) is 82.1 Å². The normalized spacial score (nSPS) is 24.2. The Kier molecular flexibility index (Phi) is 6.24. The van der Waals surface area contributed by atoms with E-state index in [-0.39, 0.29) is 31.8 Å². The largest absolute Gasteiger partial charge is 0.480 e. The molecule has 0 amide bonds. The highest BCUT2D eigenvalue weighted by molar-refractivity contribution is 6.03. The van der Waals surface area contributed by atoms with Crippen LogP contribution in [0.1, 0.15) is 19.3 Å². The van der Waals surface area contributed by atoms with Crippen molar-refractivity contribution in [3.63, 3.8) is 0 Å². The fourth-order valence-corrected chi connectivity index (χ4v) is 1.88. The van der Waals surface area contributed by atoms with Crippen LogP contribution in [0.25, 0.3) is 0 Å². The molecule has 0 aromatic heterocycles. The number of carbonyl (C=O) groups is 2. The van der Waals surface area contributed by atoms with Gasteiger partial charge in [-0.15, -0.1) is 0 Å². The number of carbonyl (C=O) groups excluding carboxylic acids is 1. The van der Waals surface area contributed by atoms with E-state index in [1.54, 1.807) is 7.11 Å². The second-order valence-electron chi connectivity index (χ2n) is 4.32. The van der Waals surface area contributed by atoms with Gasteiger partial charge >= 0.3 is 5.97 Å². The average molecular weight is 260 g/mol. The number of ether oxygens (including phenoxy) is 3. The molecule has 18 heavy (non-hydrogen) atoms. The summed E-state index contributed by atoms with van der Waals surface area (Å²) in [6, 6.07) is 0. The van der Waals surface area contributed by atoms with Crippen LogP contribution in [-0.4, -0.2) is 57.0 Å². The molecule has 1 rings (SSSR count). The SMILES string of the molecule is COCCCOCCC1(C(=O)O)COCCC1=O. The number of carboxylic acid groups (broad SMARTS) is 1. The fourth-order valence-electron chi connectivity index (χ4n) is 1.88. The molecule has 0 aromatic rings. The first-order valence-corrected chi connectivity index (χ1v) is 6.04. The molecule has 0 bridgehead atoms. The molecule has 1 atom stereocenters. The third-order valence-corrected chi connectivity index (χ3v) is 3.08. The van der Waals surface area contributed by atoms with Gasteiger partial charge in [-0.25, -0.2) is 0 Å². The highest BCUT2D eigenvalue weighted by Crippen LogP contribution is 2.29. The lowest BCUT2D eigenvalue weighted by atomic mass is 9.78. The number of hydrogen-bond acceptors (Lipinski definition) is 5. The lowest BCUT2D eigenvalue weighted by molar-refractivity contribution is -0.166. The molecule has 0 aromatic carbocycles. The van der Waals surface area contributed by atoms with E-state index in [1.165, 1.54) is 0 Å². The first-order valence-electron chi connectivity index (χ1n) is 6.04. The van der Waals surface area contributed by atoms with Gasteiger partial charge in [0.25, 0.3) is 0 Å². The Morgan fingerprint density at radius 2 is 2.22 bits per heavy atom. The Balaban J connectivity index is 2.39. The van der Waals surface area contributed by atoms with Gasteiger partial charge in [0.1, 0.15) is 0 Å². The van der Waals surface area contributed by atoms with Gasteiger partial charge in [-0.05, 0) is 12.8 Å². The summed E-state index contributed by atoms with van der Waals surface area (Å²) in [7, 11) is 1.61. The van der Waals surface area contributed by atoms with Crippen LogP contribution in [0.5, 0.6) is 0 Å². The predicted molar refractivity (Wildman–Crippen MR) is 62.4 cm³/mol. The van der Waals surface area contributed by atoms with E-state index in [9.17, 15) is 14.7 Å². The molecule has 0 saturated carbocycles. The first kappa shape index (κ1) is 15.1. The van der Waals surface area contributed by atoms with Crippen LogP contribution >= 0.6 is 0 Å². The van der Waals surface area contributed by atoms with Crippen molar-refractivity contribution in [2.45, 2.75) is 19.3 Å². The van der Waals surface area contributed by atoms with Crippen molar-refractivity contribution < 1.29 is 28.9 Å². The van der Waals surface area contributed by atoms with Crippen molar-refractivity contribution in [2.75, 3.05) is 40.1 Å². The zero-order chi connectivity index (χ0) is 13.4. The Hall–Kier alpha value is -0.980. The van der Waals surface area contributed by atoms with E-state index < -0.39 is 11.4 Å². The fraction of sp³-hybridized carbons (Fsp3) is 0.833. The molecule has 1 unspecified atom stereocenters. The number of hydrogen-bond donors (Lipinski definition) is 1. The van der Waals surface area contributed by atoms with Gasteiger partial charge in [-0.1, -0.05) is 0 Å². The molecular weight excluding hydrogens is 240 g/mol. The van der Waals surface area contributed by atoms with Gasteiger partial charge in [0.2, 0.25) is 0 Å². The van der Waals surface area contributed by atoms with Gasteiger partial charge in [0.15, 0.2) is 11.2 Å². The highest BCUT2D eigenvalue weighted by Gasteiger charge is 2.47. The molecule has 1 fully saturated rings. The predicted octanol–water partition coefficient (Wildman–Crippen LogP) is 0.490. The minimum Gasteiger partial charge on any atom is -0.480 e. The van der Waals surface area contributed by atoms with Crippen molar-refractivity contribution in [3.05, 3.63) is 0 Å². The van der Waals surface area contributed by atoms with Crippen molar-refractivity contribution in [3.8, 4) is 0 Å². The van der Waals surface area contributed by atoms with Gasteiger partial charge in [-0.3, -0.25) is 9.59 Å². The Bertz CT molecular complexity index is 290. The van der Waals surface area contributed by atoms with E-state index in [0.29, 0.717) is 19.8 Å². The van der Waals surface area contributed by atoms with Gasteiger partial charge in [0.05, 0.1) is 13.2 Å². The third kappa shape index (κ3) is 3.76. The molecule has 1 aliphatic rings. The number of rotatable bonds is 8. The van der Waals surface area contributed by atoms with E-state index in [0.717, 1.165) is 6.42 Å². The summed E-state index contributed by atoms with van der Waals surface area (Å²) >= 11 is 0. The summed E-state index contributed by atoms with van der Waals surface area (Å²) in [5.74, 6) is -1.38. The Morgan fingerprint density at radius 3 is 2.83 bits per heavy atom. The summed E-state index contributed by atoms with van der Waals surface area (Å²) in [6.45, 7) is 1.60. The average Bonchev–Trinajstić information content (AvgIpc) is 2.35. The lowest BCUT2D eigenvalue weighted by Crippen LogP contribution is -2.47. The molecular formula is C12H20O6. The maximum atomic E-state index is 11.8. The minimum absolute atomic E-state index is 0.0530.